The standard InChI is InChI=1S/C28H28N4O4S/c1-2-12-32(28(34)21-7-4-3-5-8-21)16-22-9-6-13-31(22)17-26-30-23(18-37-26)27(33)29-15-20-10-11-24-25(14-20)36-19-35-24/h3-11,13-14,18H,2,12,15-17,19H2,1H3,(H,29,33). The van der Waals surface area contributed by atoms with E-state index in [1.165, 1.54) is 11.3 Å². The Morgan fingerprint density at radius 2 is 1.92 bits per heavy atom. The molecular weight excluding hydrogens is 488 g/mol. The van der Waals surface area contributed by atoms with Crippen molar-refractivity contribution in [3.63, 3.8) is 0 Å². The minimum atomic E-state index is -0.226. The third-order valence-electron chi connectivity index (χ3n) is 6.06. The maximum Gasteiger partial charge on any atom is 0.271 e. The van der Waals surface area contributed by atoms with E-state index in [0.717, 1.165) is 22.7 Å². The highest BCUT2D eigenvalue weighted by Crippen LogP contribution is 2.32. The first kappa shape index (κ1) is 24.6. The Morgan fingerprint density at radius 3 is 2.76 bits per heavy atom. The summed E-state index contributed by atoms with van der Waals surface area (Å²) >= 11 is 1.45. The van der Waals surface area contributed by atoms with Crippen molar-refractivity contribution in [3.8, 4) is 11.5 Å². The summed E-state index contributed by atoms with van der Waals surface area (Å²) < 4.78 is 12.8. The van der Waals surface area contributed by atoms with Gasteiger partial charge in [-0.1, -0.05) is 31.2 Å². The van der Waals surface area contributed by atoms with Crippen LogP contribution in [0.2, 0.25) is 0 Å². The summed E-state index contributed by atoms with van der Waals surface area (Å²) in [5.41, 5.74) is 3.01. The molecule has 0 saturated carbocycles. The Labute approximate surface area is 219 Å². The molecule has 2 aromatic heterocycles. The molecule has 0 spiro atoms. The van der Waals surface area contributed by atoms with E-state index in [0.29, 0.717) is 48.9 Å². The fraction of sp³-hybridized carbons (Fsp3) is 0.250. The van der Waals surface area contributed by atoms with E-state index in [4.69, 9.17) is 9.47 Å². The van der Waals surface area contributed by atoms with Gasteiger partial charge in [0.15, 0.2) is 11.5 Å². The zero-order valence-electron chi connectivity index (χ0n) is 20.6. The number of nitrogens with zero attached hydrogens (tertiary/aromatic N) is 3. The van der Waals surface area contributed by atoms with Crippen molar-refractivity contribution in [1.29, 1.82) is 0 Å². The summed E-state index contributed by atoms with van der Waals surface area (Å²) in [6.07, 6.45) is 2.85. The van der Waals surface area contributed by atoms with Gasteiger partial charge in [0.05, 0.1) is 13.1 Å². The van der Waals surface area contributed by atoms with Gasteiger partial charge in [-0.2, -0.15) is 0 Å². The van der Waals surface area contributed by atoms with Crippen molar-refractivity contribution in [1.82, 2.24) is 19.8 Å². The van der Waals surface area contributed by atoms with Gasteiger partial charge < -0.3 is 24.3 Å². The van der Waals surface area contributed by atoms with Crippen LogP contribution in [0.15, 0.2) is 72.2 Å². The van der Waals surface area contributed by atoms with Gasteiger partial charge in [-0.15, -0.1) is 11.3 Å². The van der Waals surface area contributed by atoms with Crippen molar-refractivity contribution in [3.05, 3.63) is 99.8 Å². The van der Waals surface area contributed by atoms with Gasteiger partial charge in [-0.05, 0) is 48.4 Å². The molecule has 0 bridgehead atoms. The summed E-state index contributed by atoms with van der Waals surface area (Å²) in [5.74, 6) is 1.19. The predicted octanol–water partition coefficient (Wildman–Crippen LogP) is 4.70. The molecular formula is C28H28N4O4S. The topological polar surface area (TPSA) is 85.7 Å². The molecule has 0 atom stereocenters. The molecule has 2 amide bonds. The van der Waals surface area contributed by atoms with Gasteiger partial charge in [-0.3, -0.25) is 9.59 Å². The third kappa shape index (κ3) is 5.83. The second kappa shape index (κ2) is 11.3. The number of benzene rings is 2. The molecule has 1 N–H and O–H groups in total. The molecule has 9 heteroatoms. The van der Waals surface area contributed by atoms with Crippen LogP contribution in [0.5, 0.6) is 11.5 Å². The molecule has 0 fully saturated rings. The number of thiazole rings is 1. The van der Waals surface area contributed by atoms with Crippen molar-refractivity contribution in [2.45, 2.75) is 33.0 Å². The molecule has 0 unspecified atom stereocenters. The van der Waals surface area contributed by atoms with E-state index in [1.807, 2.05) is 71.8 Å². The third-order valence-corrected chi connectivity index (χ3v) is 6.89. The minimum Gasteiger partial charge on any atom is -0.454 e. The summed E-state index contributed by atoms with van der Waals surface area (Å²) in [5, 5.41) is 5.51. The van der Waals surface area contributed by atoms with Crippen LogP contribution in [-0.4, -0.2) is 39.6 Å². The molecule has 8 nitrogen and oxygen atoms in total. The zero-order valence-corrected chi connectivity index (χ0v) is 21.4. The molecule has 2 aromatic carbocycles. The number of ether oxygens (including phenoxy) is 2. The minimum absolute atomic E-state index is 0.0193. The van der Waals surface area contributed by atoms with Gasteiger partial charge in [-0.25, -0.2) is 4.98 Å². The van der Waals surface area contributed by atoms with E-state index in [-0.39, 0.29) is 18.6 Å². The number of rotatable bonds is 10. The molecule has 190 valence electrons. The van der Waals surface area contributed by atoms with Gasteiger partial charge in [0.2, 0.25) is 6.79 Å². The Balaban J connectivity index is 1.21. The number of aromatic nitrogens is 2. The Hall–Kier alpha value is -4.11. The maximum atomic E-state index is 13.1. The number of hydrogen-bond acceptors (Lipinski definition) is 6. The molecule has 4 aromatic rings. The van der Waals surface area contributed by atoms with Crippen molar-refractivity contribution >= 4 is 23.2 Å². The molecule has 0 saturated heterocycles. The van der Waals surface area contributed by atoms with E-state index < -0.39 is 0 Å². The Bertz CT molecular complexity index is 1380. The second-order valence-electron chi connectivity index (χ2n) is 8.72. The summed E-state index contributed by atoms with van der Waals surface area (Å²) in [6, 6.07) is 19.0. The summed E-state index contributed by atoms with van der Waals surface area (Å²) in [7, 11) is 0. The highest BCUT2D eigenvalue weighted by Gasteiger charge is 2.18. The van der Waals surface area contributed by atoms with Crippen LogP contribution >= 0.6 is 11.3 Å². The quantitative estimate of drug-likeness (QED) is 0.330. The zero-order chi connectivity index (χ0) is 25.6. The average molecular weight is 517 g/mol. The molecule has 0 aliphatic carbocycles. The van der Waals surface area contributed by atoms with Gasteiger partial charge in [0, 0.05) is 35.9 Å². The lowest BCUT2D eigenvalue weighted by molar-refractivity contribution is 0.0739. The van der Waals surface area contributed by atoms with Crippen LogP contribution < -0.4 is 14.8 Å². The number of hydrogen-bond donors (Lipinski definition) is 1. The number of carbonyl (C=O) groups is 2. The number of amides is 2. The van der Waals surface area contributed by atoms with E-state index in [9.17, 15) is 9.59 Å². The first-order valence-electron chi connectivity index (χ1n) is 12.2. The van der Waals surface area contributed by atoms with Gasteiger partial charge in [0.1, 0.15) is 10.7 Å². The molecule has 37 heavy (non-hydrogen) atoms. The molecule has 0 radical (unpaired) electrons. The first-order valence-corrected chi connectivity index (χ1v) is 13.1. The van der Waals surface area contributed by atoms with Gasteiger partial charge >= 0.3 is 0 Å². The Morgan fingerprint density at radius 1 is 1.08 bits per heavy atom. The van der Waals surface area contributed by atoms with Crippen LogP contribution in [0, 0.1) is 0 Å². The molecule has 3 heterocycles. The largest absolute Gasteiger partial charge is 0.454 e. The van der Waals surface area contributed by atoms with Crippen LogP contribution in [0.4, 0.5) is 0 Å². The smallest absolute Gasteiger partial charge is 0.271 e. The predicted molar refractivity (Wildman–Crippen MR) is 141 cm³/mol. The lowest BCUT2D eigenvalue weighted by Crippen LogP contribution is -2.32. The lowest BCUT2D eigenvalue weighted by Gasteiger charge is -2.23. The van der Waals surface area contributed by atoms with Crippen molar-refractivity contribution < 1.29 is 19.1 Å². The highest BCUT2D eigenvalue weighted by molar-refractivity contribution is 7.09. The monoisotopic (exact) mass is 516 g/mol. The lowest BCUT2D eigenvalue weighted by atomic mass is 10.2. The van der Waals surface area contributed by atoms with Crippen LogP contribution in [-0.2, 0) is 19.6 Å². The van der Waals surface area contributed by atoms with Crippen LogP contribution in [0.25, 0.3) is 0 Å². The second-order valence-corrected chi connectivity index (χ2v) is 9.66. The Kier molecular flexibility index (Phi) is 7.51. The highest BCUT2D eigenvalue weighted by atomic mass is 32.1. The number of fused-ring (bicyclic) bond motifs is 1. The first-order chi connectivity index (χ1) is 18.1. The van der Waals surface area contributed by atoms with E-state index in [1.54, 1.807) is 5.38 Å². The van der Waals surface area contributed by atoms with Crippen LogP contribution in [0.1, 0.15) is 50.5 Å². The SMILES string of the molecule is CCCN(Cc1cccn1Cc1nc(C(=O)NCc2ccc3c(c2)OCO3)cs1)C(=O)c1ccccc1. The molecule has 5 rings (SSSR count). The molecule has 1 aliphatic rings. The van der Waals surface area contributed by atoms with Gasteiger partial charge in [0.25, 0.3) is 11.8 Å². The fourth-order valence-electron chi connectivity index (χ4n) is 4.19. The van der Waals surface area contributed by atoms with E-state index in [2.05, 4.69) is 21.8 Å². The molecule has 1 aliphatic heterocycles. The fourth-order valence-corrected chi connectivity index (χ4v) is 4.96. The van der Waals surface area contributed by atoms with Crippen molar-refractivity contribution in [2.75, 3.05) is 13.3 Å². The van der Waals surface area contributed by atoms with Crippen molar-refractivity contribution in [2.24, 2.45) is 0 Å². The van der Waals surface area contributed by atoms with E-state index >= 15 is 0 Å². The number of nitrogens with one attached hydrogen (secondary N) is 1. The van der Waals surface area contributed by atoms with Crippen LogP contribution in [0.3, 0.4) is 0 Å². The number of carbonyl (C=O) groups excluding carboxylic acids is 2. The summed E-state index contributed by atoms with van der Waals surface area (Å²) in [4.78, 5) is 32.2. The maximum absolute atomic E-state index is 13.1. The normalized spacial score (nSPS) is 11.9. The average Bonchev–Trinajstić information content (AvgIpc) is 3.69. The summed E-state index contributed by atoms with van der Waals surface area (Å²) in [6.45, 7) is 4.36.